The van der Waals surface area contributed by atoms with E-state index in [0.717, 1.165) is 12.4 Å². The Bertz CT molecular complexity index is 323. The van der Waals surface area contributed by atoms with Crippen molar-refractivity contribution >= 4 is 11.6 Å². The van der Waals surface area contributed by atoms with Crippen LogP contribution in [0.1, 0.15) is 20.8 Å². The van der Waals surface area contributed by atoms with Crippen LogP contribution in [0.4, 0.5) is 11.6 Å². The molecule has 0 aromatic carbocycles. The highest BCUT2D eigenvalue weighted by Gasteiger charge is 2.21. The smallest absolute Gasteiger partial charge is 0.152 e. The van der Waals surface area contributed by atoms with E-state index >= 15 is 0 Å². The highest BCUT2D eigenvalue weighted by atomic mass is 15.3. The van der Waals surface area contributed by atoms with Gasteiger partial charge in [-0.25, -0.2) is 0 Å². The molecule has 0 saturated heterocycles. The predicted molar refractivity (Wildman–Crippen MR) is 63.7 cm³/mol. The Morgan fingerprint density at radius 1 is 1.40 bits per heavy atom. The molecule has 0 atom stereocenters. The molecule has 1 rings (SSSR count). The van der Waals surface area contributed by atoms with Crippen LogP contribution in [0.2, 0.25) is 0 Å². The van der Waals surface area contributed by atoms with Gasteiger partial charge in [-0.15, -0.1) is 16.8 Å². The average molecular weight is 206 g/mol. The van der Waals surface area contributed by atoms with Gasteiger partial charge in [0, 0.05) is 12.1 Å². The van der Waals surface area contributed by atoms with Crippen molar-refractivity contribution in [3.63, 3.8) is 0 Å². The molecule has 2 N–H and O–H groups in total. The fourth-order valence-electron chi connectivity index (χ4n) is 1.32. The van der Waals surface area contributed by atoms with E-state index in [1.54, 1.807) is 6.07 Å². The van der Waals surface area contributed by atoms with Gasteiger partial charge in [-0.2, -0.15) is 0 Å². The maximum absolute atomic E-state index is 5.50. The van der Waals surface area contributed by atoms with E-state index < -0.39 is 0 Å². The second-order valence-corrected chi connectivity index (χ2v) is 4.39. The van der Waals surface area contributed by atoms with Crippen molar-refractivity contribution in [1.82, 2.24) is 10.2 Å². The summed E-state index contributed by atoms with van der Waals surface area (Å²) < 4.78 is 0. The molecule has 4 nitrogen and oxygen atoms in total. The second-order valence-electron chi connectivity index (χ2n) is 4.39. The summed E-state index contributed by atoms with van der Waals surface area (Å²) in [5, 5.41) is 7.91. The SMILES string of the molecule is C=CCN(c1ccc(N)nn1)C(C)(C)C. The maximum atomic E-state index is 5.50. The molecule has 0 saturated carbocycles. The lowest BCUT2D eigenvalue weighted by molar-refractivity contribution is 0.515. The lowest BCUT2D eigenvalue weighted by Gasteiger charge is -2.35. The van der Waals surface area contributed by atoms with Gasteiger partial charge in [0.05, 0.1) is 0 Å². The molecule has 0 aliphatic carbocycles. The molecular weight excluding hydrogens is 188 g/mol. The molecule has 1 aromatic heterocycles. The van der Waals surface area contributed by atoms with Gasteiger partial charge >= 0.3 is 0 Å². The van der Waals surface area contributed by atoms with Gasteiger partial charge in [0.2, 0.25) is 0 Å². The van der Waals surface area contributed by atoms with Crippen LogP contribution in [0.3, 0.4) is 0 Å². The molecule has 0 aliphatic heterocycles. The van der Waals surface area contributed by atoms with Crippen molar-refractivity contribution in [2.24, 2.45) is 0 Å². The molecular formula is C11H18N4. The van der Waals surface area contributed by atoms with Crippen LogP contribution >= 0.6 is 0 Å². The topological polar surface area (TPSA) is 55.0 Å². The van der Waals surface area contributed by atoms with Crippen molar-refractivity contribution in [2.45, 2.75) is 26.3 Å². The van der Waals surface area contributed by atoms with Crippen LogP contribution < -0.4 is 10.6 Å². The zero-order chi connectivity index (χ0) is 11.5. The zero-order valence-corrected chi connectivity index (χ0v) is 9.57. The first-order valence-corrected chi connectivity index (χ1v) is 4.93. The monoisotopic (exact) mass is 206 g/mol. The van der Waals surface area contributed by atoms with Crippen LogP contribution in [0.5, 0.6) is 0 Å². The molecule has 15 heavy (non-hydrogen) atoms. The first-order chi connectivity index (χ1) is 6.95. The summed E-state index contributed by atoms with van der Waals surface area (Å²) in [6, 6.07) is 3.63. The standard InChI is InChI=1S/C11H18N4/c1-5-8-15(11(2,3)4)10-7-6-9(12)13-14-10/h5-7H,1,8H2,2-4H3,(H2,12,13). The Hall–Kier alpha value is -1.58. The van der Waals surface area contributed by atoms with E-state index in [9.17, 15) is 0 Å². The number of nitrogens with two attached hydrogens (primary N) is 1. The number of hydrogen-bond acceptors (Lipinski definition) is 4. The van der Waals surface area contributed by atoms with Crippen LogP contribution in [0, 0.1) is 0 Å². The van der Waals surface area contributed by atoms with E-state index in [1.807, 2.05) is 12.1 Å². The molecule has 82 valence electrons. The maximum Gasteiger partial charge on any atom is 0.152 e. The summed E-state index contributed by atoms with van der Waals surface area (Å²) in [5.41, 5.74) is 5.48. The summed E-state index contributed by atoms with van der Waals surface area (Å²) >= 11 is 0. The van der Waals surface area contributed by atoms with Crippen molar-refractivity contribution in [2.75, 3.05) is 17.2 Å². The Morgan fingerprint density at radius 2 is 2.07 bits per heavy atom. The van der Waals surface area contributed by atoms with Crippen molar-refractivity contribution in [3.05, 3.63) is 24.8 Å². The molecule has 0 unspecified atom stereocenters. The Labute approximate surface area is 90.8 Å². The Kier molecular flexibility index (Phi) is 3.29. The first kappa shape index (κ1) is 11.5. The normalized spacial score (nSPS) is 11.1. The van der Waals surface area contributed by atoms with Crippen molar-refractivity contribution < 1.29 is 0 Å². The number of nitrogens with zero attached hydrogens (tertiary/aromatic N) is 3. The molecule has 0 spiro atoms. The first-order valence-electron chi connectivity index (χ1n) is 4.93. The van der Waals surface area contributed by atoms with Crippen molar-refractivity contribution in [3.8, 4) is 0 Å². The third-order valence-electron chi connectivity index (χ3n) is 2.07. The number of anilines is 2. The summed E-state index contributed by atoms with van der Waals surface area (Å²) in [7, 11) is 0. The lowest BCUT2D eigenvalue weighted by Crippen LogP contribution is -2.42. The predicted octanol–water partition coefficient (Wildman–Crippen LogP) is 1.85. The Balaban J connectivity index is 2.99. The van der Waals surface area contributed by atoms with Gasteiger partial charge in [0.15, 0.2) is 5.82 Å². The number of aromatic nitrogens is 2. The van der Waals surface area contributed by atoms with Crippen LogP contribution in [0.25, 0.3) is 0 Å². The van der Waals surface area contributed by atoms with Gasteiger partial charge in [0.1, 0.15) is 5.82 Å². The molecule has 4 heteroatoms. The van der Waals surface area contributed by atoms with Gasteiger partial charge < -0.3 is 10.6 Å². The van der Waals surface area contributed by atoms with Crippen molar-refractivity contribution in [1.29, 1.82) is 0 Å². The van der Waals surface area contributed by atoms with E-state index in [1.165, 1.54) is 0 Å². The van der Waals surface area contributed by atoms with E-state index in [2.05, 4.69) is 42.4 Å². The minimum absolute atomic E-state index is 0.0149. The third kappa shape index (κ3) is 2.94. The van der Waals surface area contributed by atoms with E-state index in [0.29, 0.717) is 5.82 Å². The number of hydrogen-bond donors (Lipinski definition) is 1. The molecule has 0 radical (unpaired) electrons. The van der Waals surface area contributed by atoms with Gasteiger partial charge in [-0.1, -0.05) is 6.08 Å². The van der Waals surface area contributed by atoms with Crippen LogP contribution in [0.15, 0.2) is 24.8 Å². The van der Waals surface area contributed by atoms with Crippen LogP contribution in [-0.4, -0.2) is 22.3 Å². The molecule has 0 fully saturated rings. The lowest BCUT2D eigenvalue weighted by atomic mass is 10.1. The van der Waals surface area contributed by atoms with E-state index in [-0.39, 0.29) is 5.54 Å². The molecule has 1 heterocycles. The van der Waals surface area contributed by atoms with Crippen LogP contribution in [-0.2, 0) is 0 Å². The molecule has 0 amide bonds. The number of nitrogen functional groups attached to an aromatic ring is 1. The largest absolute Gasteiger partial charge is 0.382 e. The second kappa shape index (κ2) is 4.29. The fraction of sp³-hybridized carbons (Fsp3) is 0.455. The molecule has 0 bridgehead atoms. The van der Waals surface area contributed by atoms with Gasteiger partial charge in [0.25, 0.3) is 0 Å². The third-order valence-corrected chi connectivity index (χ3v) is 2.07. The minimum Gasteiger partial charge on any atom is -0.382 e. The summed E-state index contributed by atoms with van der Waals surface area (Å²) in [6.45, 7) is 10.8. The summed E-state index contributed by atoms with van der Waals surface area (Å²) in [4.78, 5) is 2.12. The number of rotatable bonds is 3. The van der Waals surface area contributed by atoms with Gasteiger partial charge in [-0.3, -0.25) is 0 Å². The van der Waals surface area contributed by atoms with Gasteiger partial charge in [-0.05, 0) is 32.9 Å². The minimum atomic E-state index is -0.0149. The summed E-state index contributed by atoms with van der Waals surface area (Å²) in [5.74, 6) is 1.25. The molecule has 0 aliphatic rings. The molecule has 1 aromatic rings. The quantitative estimate of drug-likeness (QED) is 0.767. The fourth-order valence-corrected chi connectivity index (χ4v) is 1.32. The average Bonchev–Trinajstić information content (AvgIpc) is 2.14. The zero-order valence-electron chi connectivity index (χ0n) is 9.57. The summed E-state index contributed by atoms with van der Waals surface area (Å²) in [6.07, 6.45) is 1.85. The Morgan fingerprint density at radius 3 is 2.47 bits per heavy atom. The highest BCUT2D eigenvalue weighted by Crippen LogP contribution is 2.20. The van der Waals surface area contributed by atoms with E-state index in [4.69, 9.17) is 5.73 Å². The highest BCUT2D eigenvalue weighted by molar-refractivity contribution is 5.44.